The van der Waals surface area contributed by atoms with Gasteiger partial charge in [-0.15, -0.1) is 12.4 Å². The van der Waals surface area contributed by atoms with Gasteiger partial charge in [0.1, 0.15) is 0 Å². The highest BCUT2D eigenvalue weighted by Gasteiger charge is 2.39. The Morgan fingerprint density at radius 1 is 0.828 bits per heavy atom. The fraction of sp³-hybridized carbons (Fsp3) is 0.391. The summed E-state index contributed by atoms with van der Waals surface area (Å²) < 4.78 is 0. The first-order chi connectivity index (χ1) is 13.6. The molecule has 2 fully saturated rings. The zero-order valence-electron chi connectivity index (χ0n) is 16.3. The molecule has 2 unspecified atom stereocenters. The molecule has 2 bridgehead atoms. The lowest BCUT2D eigenvalue weighted by molar-refractivity contribution is 0.0756. The van der Waals surface area contributed by atoms with Crippen molar-refractivity contribution >= 4 is 29.9 Å². The summed E-state index contributed by atoms with van der Waals surface area (Å²) in [6.07, 6.45) is 5.56. The van der Waals surface area contributed by atoms with Gasteiger partial charge in [-0.3, -0.25) is 9.59 Å². The first kappa shape index (κ1) is 21.3. The van der Waals surface area contributed by atoms with E-state index in [0.717, 1.165) is 25.7 Å². The van der Waals surface area contributed by atoms with Crippen LogP contribution in [-0.4, -0.2) is 23.9 Å². The summed E-state index contributed by atoms with van der Waals surface area (Å²) in [5.41, 5.74) is 8.07. The molecule has 5 nitrogen and oxygen atoms in total. The number of hydrogen-bond acceptors (Lipinski definition) is 3. The highest BCUT2D eigenvalue weighted by Crippen LogP contribution is 2.39. The number of anilines is 1. The van der Waals surface area contributed by atoms with Crippen LogP contribution in [0.25, 0.3) is 0 Å². The molecule has 0 radical (unpaired) electrons. The summed E-state index contributed by atoms with van der Waals surface area (Å²) in [6, 6.07) is 16.6. The summed E-state index contributed by atoms with van der Waals surface area (Å²) in [5.74, 6) is 0.786. The number of benzene rings is 2. The maximum absolute atomic E-state index is 12.8. The molecule has 2 aromatic carbocycles. The van der Waals surface area contributed by atoms with Crippen molar-refractivity contribution in [2.45, 2.75) is 44.2 Å². The number of carbonyl (C=O) groups excluding carboxylic acids is 2. The van der Waals surface area contributed by atoms with Crippen LogP contribution in [0.3, 0.4) is 0 Å². The van der Waals surface area contributed by atoms with E-state index in [1.54, 1.807) is 36.4 Å². The van der Waals surface area contributed by atoms with Crippen LogP contribution in [0.4, 0.5) is 5.69 Å². The highest BCUT2D eigenvalue weighted by molar-refractivity contribution is 6.04. The number of rotatable bonds is 4. The van der Waals surface area contributed by atoms with E-state index in [1.807, 2.05) is 18.2 Å². The molecule has 0 spiro atoms. The standard InChI is InChI=1S/C23H27N3O2.ClH/c24-19-13-17-7-4-8-18(14-19)21(17)26-23(28)16-9-11-20(12-10-16)25-22(27)15-5-2-1-3-6-15;/h1-3,5-6,9-12,17-19,21H,4,7-8,13-14,24H2,(H,25,27)(H,26,28);1H. The van der Waals surface area contributed by atoms with Crippen LogP contribution in [0.2, 0.25) is 0 Å². The molecule has 4 rings (SSSR count). The van der Waals surface area contributed by atoms with E-state index < -0.39 is 0 Å². The molecule has 2 aromatic rings. The largest absolute Gasteiger partial charge is 0.349 e. The topological polar surface area (TPSA) is 84.2 Å². The van der Waals surface area contributed by atoms with Crippen molar-refractivity contribution in [3.8, 4) is 0 Å². The Kier molecular flexibility index (Phi) is 6.93. The second-order valence-corrected chi connectivity index (χ2v) is 8.08. The zero-order chi connectivity index (χ0) is 19.5. The van der Waals surface area contributed by atoms with Crippen molar-refractivity contribution in [2.75, 3.05) is 5.32 Å². The number of hydrogen-bond donors (Lipinski definition) is 3. The van der Waals surface area contributed by atoms with Gasteiger partial charge >= 0.3 is 0 Å². The van der Waals surface area contributed by atoms with Gasteiger partial charge in [-0.25, -0.2) is 0 Å². The Hall–Kier alpha value is -2.37. The average Bonchev–Trinajstić information content (AvgIpc) is 2.70. The maximum atomic E-state index is 12.8. The number of amides is 2. The van der Waals surface area contributed by atoms with Gasteiger partial charge in [0, 0.05) is 28.9 Å². The number of nitrogens with two attached hydrogens (primary N) is 1. The summed E-state index contributed by atoms with van der Waals surface area (Å²) in [4.78, 5) is 25.0. The molecule has 29 heavy (non-hydrogen) atoms. The number of halogens is 1. The van der Waals surface area contributed by atoms with Crippen LogP contribution in [0.5, 0.6) is 0 Å². The number of nitrogens with one attached hydrogen (secondary N) is 2. The molecule has 0 aliphatic heterocycles. The van der Waals surface area contributed by atoms with Crippen LogP contribution in [-0.2, 0) is 0 Å². The second-order valence-electron chi connectivity index (χ2n) is 8.08. The van der Waals surface area contributed by atoms with Crippen molar-refractivity contribution < 1.29 is 9.59 Å². The fourth-order valence-corrected chi connectivity index (χ4v) is 4.76. The van der Waals surface area contributed by atoms with Gasteiger partial charge < -0.3 is 16.4 Å². The second kappa shape index (κ2) is 9.42. The van der Waals surface area contributed by atoms with E-state index >= 15 is 0 Å². The predicted octanol–water partition coefficient (Wildman–Crippen LogP) is 4.00. The summed E-state index contributed by atoms with van der Waals surface area (Å²) in [6.45, 7) is 0. The Morgan fingerprint density at radius 2 is 1.41 bits per heavy atom. The third-order valence-electron chi connectivity index (χ3n) is 6.12. The Bertz CT molecular complexity index is 827. The molecule has 0 aromatic heterocycles. The first-order valence-corrected chi connectivity index (χ1v) is 10.1. The normalized spacial score (nSPS) is 25.4. The SMILES string of the molecule is Cl.NC1CC2CCCC(C1)C2NC(=O)c1ccc(NC(=O)c2ccccc2)cc1. The molecule has 6 heteroatoms. The van der Waals surface area contributed by atoms with Crippen LogP contribution >= 0.6 is 12.4 Å². The third kappa shape index (κ3) is 4.98. The van der Waals surface area contributed by atoms with Crippen molar-refractivity contribution in [3.63, 3.8) is 0 Å². The molecule has 4 N–H and O–H groups in total. The molecule has 2 amide bonds. The van der Waals surface area contributed by atoms with Gasteiger partial charge in [0.25, 0.3) is 11.8 Å². The average molecular weight is 414 g/mol. The smallest absolute Gasteiger partial charge is 0.255 e. The van der Waals surface area contributed by atoms with Gasteiger partial charge in [0.2, 0.25) is 0 Å². The highest BCUT2D eigenvalue weighted by atomic mass is 35.5. The fourth-order valence-electron chi connectivity index (χ4n) is 4.76. The van der Waals surface area contributed by atoms with Crippen molar-refractivity contribution in [1.82, 2.24) is 5.32 Å². The summed E-state index contributed by atoms with van der Waals surface area (Å²) >= 11 is 0. The third-order valence-corrected chi connectivity index (χ3v) is 6.12. The minimum Gasteiger partial charge on any atom is -0.349 e. The van der Waals surface area contributed by atoms with E-state index in [0.29, 0.717) is 28.7 Å². The van der Waals surface area contributed by atoms with Gasteiger partial charge in [0.05, 0.1) is 0 Å². The van der Waals surface area contributed by atoms with Gasteiger partial charge in [-0.2, -0.15) is 0 Å². The maximum Gasteiger partial charge on any atom is 0.255 e. The van der Waals surface area contributed by atoms with Crippen LogP contribution < -0.4 is 16.4 Å². The molecule has 2 aliphatic rings. The molecule has 2 atom stereocenters. The van der Waals surface area contributed by atoms with E-state index in [2.05, 4.69) is 10.6 Å². The van der Waals surface area contributed by atoms with E-state index in [9.17, 15) is 9.59 Å². The quantitative estimate of drug-likeness (QED) is 0.708. The molecule has 2 aliphatic carbocycles. The van der Waals surface area contributed by atoms with Gasteiger partial charge in [-0.05, 0) is 73.9 Å². The Morgan fingerprint density at radius 3 is 2.03 bits per heavy atom. The minimum absolute atomic E-state index is 0. The Balaban J connectivity index is 0.00000240. The monoisotopic (exact) mass is 413 g/mol. The van der Waals surface area contributed by atoms with Crippen LogP contribution in [0.15, 0.2) is 54.6 Å². The lowest BCUT2D eigenvalue weighted by Gasteiger charge is -2.45. The molecule has 154 valence electrons. The van der Waals surface area contributed by atoms with E-state index in [-0.39, 0.29) is 36.3 Å². The zero-order valence-corrected chi connectivity index (χ0v) is 17.2. The predicted molar refractivity (Wildman–Crippen MR) is 117 cm³/mol. The molecule has 2 saturated carbocycles. The molecule has 0 saturated heterocycles. The molecular formula is C23H28ClN3O2. The summed E-state index contributed by atoms with van der Waals surface area (Å²) in [7, 11) is 0. The minimum atomic E-state index is -0.163. The number of fused-ring (bicyclic) bond motifs is 2. The molecule has 0 heterocycles. The van der Waals surface area contributed by atoms with Crippen molar-refractivity contribution in [1.29, 1.82) is 0 Å². The van der Waals surface area contributed by atoms with Crippen LogP contribution in [0, 0.1) is 11.8 Å². The van der Waals surface area contributed by atoms with E-state index in [4.69, 9.17) is 5.73 Å². The first-order valence-electron chi connectivity index (χ1n) is 10.1. The lowest BCUT2D eigenvalue weighted by atomic mass is 9.67. The van der Waals surface area contributed by atoms with E-state index in [1.165, 1.54) is 6.42 Å². The lowest BCUT2D eigenvalue weighted by Crippen LogP contribution is -2.53. The van der Waals surface area contributed by atoms with Crippen molar-refractivity contribution in [3.05, 3.63) is 65.7 Å². The molecular weight excluding hydrogens is 386 g/mol. The van der Waals surface area contributed by atoms with Crippen molar-refractivity contribution in [2.24, 2.45) is 17.6 Å². The number of carbonyl (C=O) groups is 2. The van der Waals surface area contributed by atoms with Gasteiger partial charge in [-0.1, -0.05) is 24.6 Å². The van der Waals surface area contributed by atoms with Crippen LogP contribution in [0.1, 0.15) is 52.8 Å². The van der Waals surface area contributed by atoms with Gasteiger partial charge in [0.15, 0.2) is 0 Å². The summed E-state index contributed by atoms with van der Waals surface area (Å²) in [5, 5.41) is 6.12. The Labute approximate surface area is 177 Å².